The number of hydrogen-bond acceptors (Lipinski definition) is 4. The van der Waals surface area contributed by atoms with Crippen molar-refractivity contribution in [3.05, 3.63) is 71.2 Å². The molecule has 4 rings (SSSR count). The number of ether oxygens (including phenoxy) is 1. The van der Waals surface area contributed by atoms with E-state index in [2.05, 4.69) is 21.7 Å². The molecule has 0 amide bonds. The van der Waals surface area contributed by atoms with Gasteiger partial charge < -0.3 is 10.1 Å². The molecule has 0 unspecified atom stereocenters. The molecule has 29 heavy (non-hydrogen) atoms. The first-order valence-electron chi connectivity index (χ1n) is 8.81. The van der Waals surface area contributed by atoms with Gasteiger partial charge in [0.2, 0.25) is 0 Å². The number of methoxy groups -OCH3 is 1. The largest absolute Gasteiger partial charge is 0.497 e. The highest BCUT2D eigenvalue weighted by molar-refractivity contribution is 7.13. The predicted molar refractivity (Wildman–Crippen MR) is 111 cm³/mol. The van der Waals surface area contributed by atoms with Crippen molar-refractivity contribution in [2.24, 2.45) is 0 Å². The number of hydrogen-bond donors (Lipinski definition) is 1. The minimum absolute atomic E-state index is 0.402. The van der Waals surface area contributed by atoms with Crippen LogP contribution in [0.25, 0.3) is 21.3 Å². The van der Waals surface area contributed by atoms with Gasteiger partial charge in [-0.3, -0.25) is 4.98 Å². The van der Waals surface area contributed by atoms with Crippen molar-refractivity contribution in [3.63, 3.8) is 0 Å². The van der Waals surface area contributed by atoms with E-state index in [0.717, 1.165) is 28.3 Å². The molecule has 0 aliphatic rings. The van der Waals surface area contributed by atoms with E-state index < -0.39 is 11.7 Å². The Bertz CT molecular complexity index is 1180. The number of aryl methyl sites for hydroxylation is 1. The molecule has 2 aromatic carbocycles. The number of pyridine rings is 1. The van der Waals surface area contributed by atoms with E-state index in [4.69, 9.17) is 4.74 Å². The Hall–Kier alpha value is -3.06. The molecule has 4 aromatic rings. The van der Waals surface area contributed by atoms with Gasteiger partial charge in [-0.1, -0.05) is 0 Å². The number of thiophene rings is 1. The van der Waals surface area contributed by atoms with Crippen molar-refractivity contribution in [1.29, 1.82) is 0 Å². The highest BCUT2D eigenvalue weighted by Gasteiger charge is 2.30. The second-order valence-corrected chi connectivity index (χ2v) is 7.56. The van der Waals surface area contributed by atoms with Gasteiger partial charge in [0, 0.05) is 33.9 Å². The van der Waals surface area contributed by atoms with Crippen LogP contribution in [0, 0.1) is 6.92 Å². The van der Waals surface area contributed by atoms with Crippen molar-refractivity contribution in [3.8, 4) is 16.2 Å². The second-order valence-electron chi connectivity index (χ2n) is 6.65. The fraction of sp³-hybridized carbons (Fsp3) is 0.136. The van der Waals surface area contributed by atoms with Crippen LogP contribution in [0.3, 0.4) is 0 Å². The summed E-state index contributed by atoms with van der Waals surface area (Å²) >= 11 is 1.63. The van der Waals surface area contributed by atoms with Gasteiger partial charge in [-0.15, -0.1) is 11.3 Å². The van der Waals surface area contributed by atoms with Crippen molar-refractivity contribution in [2.45, 2.75) is 13.1 Å². The van der Waals surface area contributed by atoms with Crippen molar-refractivity contribution < 1.29 is 17.9 Å². The predicted octanol–water partition coefficient (Wildman–Crippen LogP) is 7.04. The van der Waals surface area contributed by atoms with Crippen LogP contribution >= 0.6 is 11.3 Å². The van der Waals surface area contributed by atoms with E-state index in [9.17, 15) is 13.2 Å². The van der Waals surface area contributed by atoms with Gasteiger partial charge in [-0.05, 0) is 65.9 Å². The van der Waals surface area contributed by atoms with E-state index in [1.165, 1.54) is 11.6 Å². The average Bonchev–Trinajstić information content (AvgIpc) is 3.13. The fourth-order valence-corrected chi connectivity index (χ4v) is 3.99. The van der Waals surface area contributed by atoms with Gasteiger partial charge in [0.05, 0.1) is 18.2 Å². The molecule has 0 atom stereocenters. The average molecular weight is 414 g/mol. The van der Waals surface area contributed by atoms with E-state index in [1.807, 2.05) is 25.1 Å². The maximum absolute atomic E-state index is 13.2. The molecule has 148 valence electrons. The zero-order valence-electron chi connectivity index (χ0n) is 15.7. The number of nitrogens with zero attached hydrogens (tertiary/aromatic N) is 1. The summed E-state index contributed by atoms with van der Waals surface area (Å²) in [5.41, 5.74) is 3.18. The Kier molecular flexibility index (Phi) is 4.92. The SMILES string of the molecule is COc1cc(Nc2ccnc3ccc(C(F)(F)F)cc23)cc(-c2cc(C)cs2)c1. The highest BCUT2D eigenvalue weighted by atomic mass is 32.1. The fourth-order valence-electron chi connectivity index (χ4n) is 3.10. The molecule has 0 spiro atoms. The summed E-state index contributed by atoms with van der Waals surface area (Å²) in [4.78, 5) is 5.26. The number of halogens is 3. The first-order valence-corrected chi connectivity index (χ1v) is 9.69. The van der Waals surface area contributed by atoms with E-state index in [1.54, 1.807) is 30.7 Å². The molecule has 0 aliphatic carbocycles. The lowest BCUT2D eigenvalue weighted by molar-refractivity contribution is -0.137. The lowest BCUT2D eigenvalue weighted by Gasteiger charge is -2.14. The van der Waals surface area contributed by atoms with Crippen molar-refractivity contribution >= 4 is 33.6 Å². The van der Waals surface area contributed by atoms with Gasteiger partial charge >= 0.3 is 6.18 Å². The molecule has 0 saturated carbocycles. The Morgan fingerprint density at radius 2 is 1.86 bits per heavy atom. The summed E-state index contributed by atoms with van der Waals surface area (Å²) < 4.78 is 44.9. The molecular formula is C22H17F3N2OS. The van der Waals surface area contributed by atoms with Crippen LogP contribution in [-0.4, -0.2) is 12.1 Å². The first-order chi connectivity index (χ1) is 13.8. The van der Waals surface area contributed by atoms with Crippen LogP contribution in [0.5, 0.6) is 5.75 Å². The summed E-state index contributed by atoms with van der Waals surface area (Å²) in [5, 5.41) is 5.70. The summed E-state index contributed by atoms with van der Waals surface area (Å²) in [6.45, 7) is 2.03. The van der Waals surface area contributed by atoms with Gasteiger partial charge in [0.1, 0.15) is 5.75 Å². The number of benzene rings is 2. The highest BCUT2D eigenvalue weighted by Crippen LogP contribution is 2.36. The minimum Gasteiger partial charge on any atom is -0.497 e. The van der Waals surface area contributed by atoms with Crippen LogP contribution in [0.2, 0.25) is 0 Å². The minimum atomic E-state index is -4.42. The molecular weight excluding hydrogens is 397 g/mol. The van der Waals surface area contributed by atoms with Gasteiger partial charge in [0.15, 0.2) is 0 Å². The van der Waals surface area contributed by atoms with Crippen LogP contribution < -0.4 is 10.1 Å². The van der Waals surface area contributed by atoms with Gasteiger partial charge in [-0.2, -0.15) is 13.2 Å². The monoisotopic (exact) mass is 414 g/mol. The molecule has 0 aliphatic heterocycles. The molecule has 0 fully saturated rings. The summed E-state index contributed by atoms with van der Waals surface area (Å²) in [6, 6.07) is 13.0. The Labute approximate surface area is 169 Å². The Balaban J connectivity index is 1.78. The van der Waals surface area contributed by atoms with Crippen LogP contribution in [-0.2, 0) is 6.18 Å². The third-order valence-corrected chi connectivity index (χ3v) is 5.60. The number of rotatable bonds is 4. The van der Waals surface area contributed by atoms with Gasteiger partial charge in [-0.25, -0.2) is 0 Å². The third-order valence-electron chi connectivity index (χ3n) is 4.51. The maximum Gasteiger partial charge on any atom is 0.416 e. The van der Waals surface area contributed by atoms with Gasteiger partial charge in [0.25, 0.3) is 0 Å². The summed E-state index contributed by atoms with van der Waals surface area (Å²) in [6.07, 6.45) is -2.84. The molecule has 2 heterocycles. The molecule has 7 heteroatoms. The molecule has 2 aromatic heterocycles. The normalized spacial score (nSPS) is 11.6. The number of aromatic nitrogens is 1. The van der Waals surface area contributed by atoms with E-state index in [-0.39, 0.29) is 0 Å². The van der Waals surface area contributed by atoms with Crippen LogP contribution in [0.15, 0.2) is 60.1 Å². The molecule has 3 nitrogen and oxygen atoms in total. The Morgan fingerprint density at radius 3 is 2.55 bits per heavy atom. The maximum atomic E-state index is 13.2. The summed E-state index contributed by atoms with van der Waals surface area (Å²) in [7, 11) is 1.58. The third kappa shape index (κ3) is 4.05. The summed E-state index contributed by atoms with van der Waals surface area (Å²) in [5.74, 6) is 0.658. The van der Waals surface area contributed by atoms with E-state index in [0.29, 0.717) is 22.3 Å². The lowest BCUT2D eigenvalue weighted by atomic mass is 10.1. The zero-order valence-corrected chi connectivity index (χ0v) is 16.5. The first kappa shape index (κ1) is 19.3. The smallest absolute Gasteiger partial charge is 0.416 e. The standard InChI is InChI=1S/C22H17F3N2OS/c1-13-7-21(29-12-13)14-8-16(11-17(9-14)28-2)27-20-5-6-26-19-4-3-15(10-18(19)20)22(23,24)25/h3-12H,1-2H3,(H,26,27). The molecule has 0 saturated heterocycles. The van der Waals surface area contributed by atoms with Crippen LogP contribution in [0.4, 0.5) is 24.5 Å². The number of anilines is 2. The Morgan fingerprint density at radius 1 is 1.03 bits per heavy atom. The molecule has 1 N–H and O–H groups in total. The van der Waals surface area contributed by atoms with Crippen molar-refractivity contribution in [2.75, 3.05) is 12.4 Å². The second kappa shape index (κ2) is 7.40. The lowest BCUT2D eigenvalue weighted by Crippen LogP contribution is -2.05. The number of fused-ring (bicyclic) bond motifs is 1. The molecule has 0 bridgehead atoms. The number of nitrogens with one attached hydrogen (secondary N) is 1. The number of alkyl halides is 3. The topological polar surface area (TPSA) is 34.1 Å². The van der Waals surface area contributed by atoms with E-state index >= 15 is 0 Å². The van der Waals surface area contributed by atoms with Crippen LogP contribution in [0.1, 0.15) is 11.1 Å². The molecule has 0 radical (unpaired) electrons. The zero-order chi connectivity index (χ0) is 20.6. The van der Waals surface area contributed by atoms with Crippen molar-refractivity contribution in [1.82, 2.24) is 4.98 Å². The quantitative estimate of drug-likeness (QED) is 0.389.